The number of pyridine rings is 1. The number of furan rings is 1. The average molecular weight is 944 g/mol. The van der Waals surface area contributed by atoms with Gasteiger partial charge in [-0.05, 0) is 52.7 Å². The van der Waals surface area contributed by atoms with Crippen LogP contribution in [0.3, 0.4) is 0 Å². The summed E-state index contributed by atoms with van der Waals surface area (Å²) in [6.07, 6.45) is 2.02. The number of fused-ring (bicyclic) bond motifs is 4. The Kier molecular flexibility index (Phi) is 10.9. The minimum atomic E-state index is -1.23. The molecule has 6 heteroatoms. The van der Waals surface area contributed by atoms with Crippen molar-refractivity contribution in [2.75, 3.05) is 0 Å². The average Bonchev–Trinajstić information content (AvgIpc) is 3.82. The minimum absolute atomic E-state index is 0. The molecule has 3 heterocycles. The van der Waals surface area contributed by atoms with E-state index in [1.165, 1.54) is 10.8 Å². The third-order valence-electron chi connectivity index (χ3n) is 10.4. The van der Waals surface area contributed by atoms with Crippen molar-refractivity contribution in [3.63, 3.8) is 0 Å². The van der Waals surface area contributed by atoms with E-state index in [1.54, 1.807) is 0 Å². The Morgan fingerprint density at radius 3 is 1.97 bits per heavy atom. The van der Waals surface area contributed by atoms with Gasteiger partial charge in [0.15, 0.2) is 0 Å². The van der Waals surface area contributed by atoms with Crippen molar-refractivity contribution in [3.05, 3.63) is 194 Å². The standard InChI is InChI=1S/C38H25N2O.C14H16NSi.Ir/c1-25-22-23-34-33(24-25)39-38(32-20-11-19-31-30-16-8-9-21-35(30)41-37(31)32)40(34)36-28(26-12-4-2-5-13-26)17-10-18-29(36)27-14-6-3-7-15-27;1-16(2,3)13-9-10-14(15-11-13)12-7-5-4-6-8-12;/h2-19,21-24H,1H3;4-7,9-11H,1-3H3;/q2*-1;. The fourth-order valence-corrected chi connectivity index (χ4v) is 8.51. The van der Waals surface area contributed by atoms with Crippen molar-refractivity contribution in [1.82, 2.24) is 14.5 Å². The zero-order valence-corrected chi connectivity index (χ0v) is 36.2. The number of benzene rings is 7. The van der Waals surface area contributed by atoms with Crippen molar-refractivity contribution in [3.8, 4) is 50.6 Å². The summed E-state index contributed by atoms with van der Waals surface area (Å²) < 4.78 is 8.80. The van der Waals surface area contributed by atoms with Gasteiger partial charge in [0, 0.05) is 42.8 Å². The van der Waals surface area contributed by atoms with Gasteiger partial charge in [-0.3, -0.25) is 4.98 Å². The van der Waals surface area contributed by atoms with Crippen LogP contribution in [-0.2, 0) is 20.1 Å². The van der Waals surface area contributed by atoms with Crippen molar-refractivity contribution in [2.24, 2.45) is 0 Å². The first-order valence-electron chi connectivity index (χ1n) is 19.3. The topological polar surface area (TPSA) is 43.9 Å². The van der Waals surface area contributed by atoms with Crippen LogP contribution in [-0.4, -0.2) is 22.6 Å². The van der Waals surface area contributed by atoms with Crippen LogP contribution in [0.1, 0.15) is 5.56 Å². The van der Waals surface area contributed by atoms with E-state index in [4.69, 9.17) is 9.40 Å². The van der Waals surface area contributed by atoms with Gasteiger partial charge < -0.3 is 14.0 Å². The number of rotatable bonds is 6. The fraction of sp³-hybridized carbons (Fsp3) is 0.0769. The summed E-state index contributed by atoms with van der Waals surface area (Å²) in [5, 5.41) is 3.54. The van der Waals surface area contributed by atoms with Gasteiger partial charge in [0.2, 0.25) is 0 Å². The second-order valence-electron chi connectivity index (χ2n) is 15.3. The maximum atomic E-state index is 6.49. The van der Waals surface area contributed by atoms with E-state index in [0.717, 1.165) is 83.6 Å². The van der Waals surface area contributed by atoms with Crippen LogP contribution >= 0.6 is 0 Å². The number of hydrogen-bond donors (Lipinski definition) is 0. The Bertz CT molecular complexity index is 2930. The molecule has 0 aliphatic carbocycles. The molecule has 0 atom stereocenters. The number of para-hydroxylation sites is 2. The van der Waals surface area contributed by atoms with Gasteiger partial charge in [-0.25, -0.2) is 0 Å². The van der Waals surface area contributed by atoms with Gasteiger partial charge in [-0.1, -0.05) is 146 Å². The van der Waals surface area contributed by atoms with Gasteiger partial charge in [0.1, 0.15) is 5.58 Å². The predicted octanol–water partition coefficient (Wildman–Crippen LogP) is 13.1. The first kappa shape index (κ1) is 38.7. The number of aromatic nitrogens is 3. The third-order valence-corrected chi connectivity index (χ3v) is 12.4. The molecule has 0 saturated carbocycles. The molecular weight excluding hydrogens is 903 g/mol. The van der Waals surface area contributed by atoms with Gasteiger partial charge in [-0.15, -0.1) is 54.1 Å². The largest absolute Gasteiger partial charge is 0.501 e. The van der Waals surface area contributed by atoms with Crippen molar-refractivity contribution >= 4 is 46.2 Å². The zero-order chi connectivity index (χ0) is 38.9. The molecule has 0 aliphatic heterocycles. The normalized spacial score (nSPS) is 11.3. The molecule has 0 spiro atoms. The van der Waals surface area contributed by atoms with Gasteiger partial charge in [0.05, 0.1) is 36.2 Å². The summed E-state index contributed by atoms with van der Waals surface area (Å²) in [5.41, 5.74) is 13.3. The molecule has 0 fully saturated rings. The summed E-state index contributed by atoms with van der Waals surface area (Å²) in [6, 6.07) is 65.4. The van der Waals surface area contributed by atoms with Crippen molar-refractivity contribution < 1.29 is 24.5 Å². The molecule has 0 saturated heterocycles. The van der Waals surface area contributed by atoms with E-state index in [-0.39, 0.29) is 20.1 Å². The smallest absolute Gasteiger partial charge is 0.120 e. The Morgan fingerprint density at radius 1 is 0.621 bits per heavy atom. The first-order chi connectivity index (χ1) is 27.8. The monoisotopic (exact) mass is 944 g/mol. The molecule has 0 amide bonds. The summed E-state index contributed by atoms with van der Waals surface area (Å²) in [7, 11) is -1.23. The molecule has 0 aliphatic rings. The van der Waals surface area contributed by atoms with E-state index in [1.807, 2.05) is 54.7 Å². The molecule has 4 nitrogen and oxygen atoms in total. The number of nitrogens with zero attached hydrogens (tertiary/aromatic N) is 3. The zero-order valence-electron chi connectivity index (χ0n) is 32.8. The Morgan fingerprint density at radius 2 is 1.31 bits per heavy atom. The SMILES string of the molecule is C[Si](C)(C)c1ccc(-c2[c-]cccc2)nc1.Cc1ccc2c(c1)nc(-c1[c-]ccc3c1oc1ccccc13)n2-c1c(-c2ccccc2)cccc1-c1ccccc1.[Ir]. The second-order valence-corrected chi connectivity index (χ2v) is 20.4. The molecule has 0 N–H and O–H groups in total. The van der Waals surface area contributed by atoms with E-state index in [2.05, 4.69) is 170 Å². The Balaban J connectivity index is 0.000000233. The van der Waals surface area contributed by atoms with Crippen LogP contribution in [0.5, 0.6) is 0 Å². The second kappa shape index (κ2) is 16.4. The molecule has 0 unspecified atom stereocenters. The predicted molar refractivity (Wildman–Crippen MR) is 240 cm³/mol. The number of aryl methyl sites for hydroxylation is 1. The number of hydrogen-bond acceptors (Lipinski definition) is 3. The van der Waals surface area contributed by atoms with E-state index >= 15 is 0 Å². The molecule has 285 valence electrons. The molecule has 58 heavy (non-hydrogen) atoms. The summed E-state index contributed by atoms with van der Waals surface area (Å²) in [6.45, 7) is 9.10. The maximum Gasteiger partial charge on any atom is 0.120 e. The van der Waals surface area contributed by atoms with Gasteiger partial charge >= 0.3 is 0 Å². The van der Waals surface area contributed by atoms with Gasteiger partial charge in [-0.2, -0.15) is 0 Å². The summed E-state index contributed by atoms with van der Waals surface area (Å²) in [4.78, 5) is 9.80. The maximum absolute atomic E-state index is 6.49. The Hall–Kier alpha value is -6.17. The molecule has 3 aromatic heterocycles. The first-order valence-corrected chi connectivity index (χ1v) is 22.8. The van der Waals surface area contributed by atoms with Crippen LogP contribution in [0.15, 0.2) is 180 Å². The minimum Gasteiger partial charge on any atom is -0.501 e. The van der Waals surface area contributed by atoms with Crippen LogP contribution in [0.25, 0.3) is 83.6 Å². The summed E-state index contributed by atoms with van der Waals surface area (Å²) >= 11 is 0. The third kappa shape index (κ3) is 7.50. The van der Waals surface area contributed by atoms with E-state index in [0.29, 0.717) is 0 Å². The molecule has 1 radical (unpaired) electrons. The molecule has 0 bridgehead atoms. The van der Waals surface area contributed by atoms with E-state index < -0.39 is 8.07 Å². The van der Waals surface area contributed by atoms with E-state index in [9.17, 15) is 0 Å². The molecule has 10 rings (SSSR count). The molecule has 10 aromatic rings. The summed E-state index contributed by atoms with van der Waals surface area (Å²) in [5.74, 6) is 0.802. The van der Waals surface area contributed by atoms with Crippen LogP contribution in [0.4, 0.5) is 0 Å². The van der Waals surface area contributed by atoms with Crippen LogP contribution < -0.4 is 5.19 Å². The van der Waals surface area contributed by atoms with Crippen LogP contribution in [0.2, 0.25) is 19.6 Å². The van der Waals surface area contributed by atoms with Crippen LogP contribution in [0, 0.1) is 19.1 Å². The van der Waals surface area contributed by atoms with Gasteiger partial charge in [0.25, 0.3) is 0 Å². The van der Waals surface area contributed by atoms with Crippen molar-refractivity contribution in [1.29, 1.82) is 0 Å². The number of imidazole rings is 1. The molecular formula is C52H41IrN3OSi-2. The fourth-order valence-electron chi connectivity index (χ4n) is 7.48. The Labute approximate surface area is 354 Å². The molecule has 7 aromatic carbocycles. The quantitative estimate of drug-likeness (QED) is 0.123. The van der Waals surface area contributed by atoms with Crippen molar-refractivity contribution in [2.45, 2.75) is 26.6 Å².